The van der Waals surface area contributed by atoms with E-state index in [0.717, 1.165) is 6.42 Å². The summed E-state index contributed by atoms with van der Waals surface area (Å²) in [7, 11) is 0. The van der Waals surface area contributed by atoms with E-state index >= 15 is 0 Å². The van der Waals surface area contributed by atoms with Gasteiger partial charge in [-0.3, -0.25) is 5.32 Å². The lowest BCUT2D eigenvalue weighted by Gasteiger charge is -2.32. The van der Waals surface area contributed by atoms with Crippen molar-refractivity contribution in [3.8, 4) is 0 Å². The molecule has 0 fully saturated rings. The first-order valence-electron chi connectivity index (χ1n) is 4.81. The van der Waals surface area contributed by atoms with Crippen molar-refractivity contribution in [2.24, 2.45) is 0 Å². The molecule has 0 spiro atoms. The Morgan fingerprint density at radius 3 is 2.08 bits per heavy atom. The fourth-order valence-electron chi connectivity index (χ4n) is 1.17. The van der Waals surface area contributed by atoms with E-state index in [1.165, 1.54) is 0 Å². The van der Waals surface area contributed by atoms with Gasteiger partial charge in [0.1, 0.15) is 6.23 Å². The summed E-state index contributed by atoms with van der Waals surface area (Å²) in [6, 6.07) is 0. The van der Waals surface area contributed by atoms with Gasteiger partial charge < -0.3 is 15.3 Å². The van der Waals surface area contributed by atoms with Gasteiger partial charge in [-0.1, -0.05) is 20.3 Å². The summed E-state index contributed by atoms with van der Waals surface area (Å²) in [5.74, 6) is 0. The zero-order chi connectivity index (χ0) is 10.3. The van der Waals surface area contributed by atoms with E-state index in [-0.39, 0.29) is 13.2 Å². The molecule has 0 rings (SSSR count). The van der Waals surface area contributed by atoms with E-state index in [1.807, 2.05) is 13.8 Å². The Morgan fingerprint density at radius 1 is 1.23 bits per heavy atom. The molecule has 0 aliphatic carbocycles. The van der Waals surface area contributed by atoms with Crippen molar-refractivity contribution < 1.29 is 15.3 Å². The van der Waals surface area contributed by atoms with Gasteiger partial charge in [0.25, 0.3) is 0 Å². The predicted molar refractivity (Wildman–Crippen MR) is 51.2 cm³/mol. The minimum atomic E-state index is -0.741. The molecule has 0 aliphatic heterocycles. The minimum absolute atomic E-state index is 0.166. The first kappa shape index (κ1) is 12.8. The second kappa shape index (κ2) is 6.32. The lowest BCUT2D eigenvalue weighted by Crippen LogP contribution is -2.55. The molecule has 0 aromatic heterocycles. The Balaban J connectivity index is 4.07. The van der Waals surface area contributed by atoms with Crippen molar-refractivity contribution in [3.63, 3.8) is 0 Å². The first-order chi connectivity index (χ1) is 6.14. The molecule has 80 valence electrons. The molecule has 0 aromatic rings. The molecule has 0 radical (unpaired) electrons. The fourth-order valence-corrected chi connectivity index (χ4v) is 1.17. The van der Waals surface area contributed by atoms with Crippen LogP contribution in [0.2, 0.25) is 0 Å². The van der Waals surface area contributed by atoms with Crippen molar-refractivity contribution in [1.29, 1.82) is 0 Å². The van der Waals surface area contributed by atoms with E-state index in [1.54, 1.807) is 0 Å². The van der Waals surface area contributed by atoms with Crippen LogP contribution in [0.25, 0.3) is 0 Å². The summed E-state index contributed by atoms with van der Waals surface area (Å²) >= 11 is 0. The standard InChI is InChI=1S/C9H21NO3/c1-3-5-8(13)10-9(4-2,6-11)7-12/h8,10-13H,3-7H2,1-2H3. The first-order valence-corrected chi connectivity index (χ1v) is 4.81. The second-order valence-corrected chi connectivity index (χ2v) is 3.40. The molecule has 0 amide bonds. The van der Waals surface area contributed by atoms with E-state index in [4.69, 9.17) is 10.2 Å². The monoisotopic (exact) mass is 191 g/mol. The molecule has 13 heavy (non-hydrogen) atoms. The van der Waals surface area contributed by atoms with E-state index in [9.17, 15) is 5.11 Å². The predicted octanol–water partition coefficient (Wildman–Crippen LogP) is -0.172. The third-order valence-corrected chi connectivity index (χ3v) is 2.32. The highest BCUT2D eigenvalue weighted by atomic mass is 16.3. The van der Waals surface area contributed by atoms with Gasteiger partial charge >= 0.3 is 0 Å². The van der Waals surface area contributed by atoms with E-state index in [0.29, 0.717) is 12.8 Å². The van der Waals surface area contributed by atoms with Gasteiger partial charge in [-0.25, -0.2) is 0 Å². The molecule has 1 atom stereocenters. The van der Waals surface area contributed by atoms with Crippen LogP contribution < -0.4 is 5.32 Å². The van der Waals surface area contributed by atoms with Gasteiger partial charge in [0.15, 0.2) is 0 Å². The molecule has 1 unspecified atom stereocenters. The van der Waals surface area contributed by atoms with Gasteiger partial charge in [-0.05, 0) is 12.8 Å². The van der Waals surface area contributed by atoms with Crippen LogP contribution in [-0.4, -0.2) is 40.3 Å². The normalized spacial score (nSPS) is 14.5. The number of aliphatic hydroxyl groups excluding tert-OH is 3. The summed E-state index contributed by atoms with van der Waals surface area (Å²) in [6.07, 6.45) is 1.43. The van der Waals surface area contributed by atoms with Crippen LogP contribution >= 0.6 is 0 Å². The van der Waals surface area contributed by atoms with Gasteiger partial charge in [0.2, 0.25) is 0 Å². The number of hydrogen-bond donors (Lipinski definition) is 4. The van der Waals surface area contributed by atoms with Crippen LogP contribution in [0.15, 0.2) is 0 Å². The smallest absolute Gasteiger partial charge is 0.105 e. The summed E-state index contributed by atoms with van der Waals surface area (Å²) in [5, 5.41) is 30.4. The minimum Gasteiger partial charge on any atom is -0.394 e. The highest BCUT2D eigenvalue weighted by Gasteiger charge is 2.28. The van der Waals surface area contributed by atoms with Crippen LogP contribution in [0.4, 0.5) is 0 Å². The zero-order valence-corrected chi connectivity index (χ0v) is 8.45. The summed E-state index contributed by atoms with van der Waals surface area (Å²) in [6.45, 7) is 3.50. The largest absolute Gasteiger partial charge is 0.394 e. The number of aliphatic hydroxyl groups is 3. The fraction of sp³-hybridized carbons (Fsp3) is 1.00. The zero-order valence-electron chi connectivity index (χ0n) is 8.45. The molecule has 4 nitrogen and oxygen atoms in total. The van der Waals surface area contributed by atoms with Crippen LogP contribution in [0.5, 0.6) is 0 Å². The van der Waals surface area contributed by atoms with E-state index < -0.39 is 11.8 Å². The van der Waals surface area contributed by atoms with Crippen molar-refractivity contribution in [2.45, 2.75) is 44.9 Å². The van der Waals surface area contributed by atoms with Crippen molar-refractivity contribution in [1.82, 2.24) is 5.32 Å². The maximum absolute atomic E-state index is 9.44. The highest BCUT2D eigenvalue weighted by molar-refractivity contribution is 4.86. The van der Waals surface area contributed by atoms with Crippen molar-refractivity contribution in [2.75, 3.05) is 13.2 Å². The number of hydrogen-bond acceptors (Lipinski definition) is 4. The maximum Gasteiger partial charge on any atom is 0.105 e. The molecule has 0 bridgehead atoms. The molecule has 0 aliphatic rings. The summed E-state index contributed by atoms with van der Waals surface area (Å²) in [5.41, 5.74) is -0.741. The van der Waals surface area contributed by atoms with Crippen LogP contribution in [0, 0.1) is 0 Å². The Hall–Kier alpha value is -0.160. The van der Waals surface area contributed by atoms with Crippen LogP contribution in [0.1, 0.15) is 33.1 Å². The lowest BCUT2D eigenvalue weighted by atomic mass is 9.98. The third kappa shape index (κ3) is 4.04. The Kier molecular flexibility index (Phi) is 6.24. The molecule has 0 saturated carbocycles. The number of nitrogens with one attached hydrogen (secondary N) is 1. The van der Waals surface area contributed by atoms with Gasteiger partial charge in [0, 0.05) is 0 Å². The number of rotatable bonds is 7. The topological polar surface area (TPSA) is 72.7 Å². The SMILES string of the molecule is CCCC(O)NC(CC)(CO)CO. The maximum atomic E-state index is 9.44. The third-order valence-electron chi connectivity index (χ3n) is 2.32. The summed E-state index contributed by atoms with van der Waals surface area (Å²) in [4.78, 5) is 0. The van der Waals surface area contributed by atoms with E-state index in [2.05, 4.69) is 5.32 Å². The average Bonchev–Trinajstić information content (AvgIpc) is 2.15. The second-order valence-electron chi connectivity index (χ2n) is 3.40. The van der Waals surface area contributed by atoms with Crippen LogP contribution in [0.3, 0.4) is 0 Å². The molecule has 4 N–H and O–H groups in total. The quantitative estimate of drug-likeness (QED) is 0.422. The lowest BCUT2D eigenvalue weighted by molar-refractivity contribution is 0.0200. The van der Waals surface area contributed by atoms with Gasteiger partial charge in [-0.2, -0.15) is 0 Å². The Morgan fingerprint density at radius 2 is 1.77 bits per heavy atom. The molecular weight excluding hydrogens is 170 g/mol. The van der Waals surface area contributed by atoms with Crippen molar-refractivity contribution >= 4 is 0 Å². The molecule has 0 aromatic carbocycles. The molecule has 4 heteroatoms. The van der Waals surface area contributed by atoms with Crippen molar-refractivity contribution in [3.05, 3.63) is 0 Å². The summed E-state index contributed by atoms with van der Waals surface area (Å²) < 4.78 is 0. The Labute approximate surface area is 79.6 Å². The highest BCUT2D eigenvalue weighted by Crippen LogP contribution is 2.10. The average molecular weight is 191 g/mol. The van der Waals surface area contributed by atoms with Crippen LogP contribution in [-0.2, 0) is 0 Å². The molecule has 0 saturated heterocycles. The van der Waals surface area contributed by atoms with Gasteiger partial charge in [-0.15, -0.1) is 0 Å². The van der Waals surface area contributed by atoms with Gasteiger partial charge in [0.05, 0.1) is 18.8 Å². The Bertz CT molecular complexity index is 118. The molecular formula is C9H21NO3. The molecule has 0 heterocycles.